The van der Waals surface area contributed by atoms with Gasteiger partial charge in [0.25, 0.3) is 0 Å². The third-order valence-corrected chi connectivity index (χ3v) is 9.15. The van der Waals surface area contributed by atoms with Gasteiger partial charge in [0.15, 0.2) is 0 Å². The first kappa shape index (κ1) is 23.3. The van der Waals surface area contributed by atoms with E-state index in [9.17, 15) is 13.2 Å². The van der Waals surface area contributed by atoms with Crippen molar-refractivity contribution in [2.24, 2.45) is 5.92 Å². The van der Waals surface area contributed by atoms with Gasteiger partial charge in [0.1, 0.15) is 0 Å². The van der Waals surface area contributed by atoms with Gasteiger partial charge in [-0.15, -0.1) is 0 Å². The highest BCUT2D eigenvalue weighted by atomic mass is 35.5. The molecule has 2 fully saturated rings. The summed E-state index contributed by atoms with van der Waals surface area (Å²) < 4.78 is 29.7. The van der Waals surface area contributed by atoms with E-state index < -0.39 is 15.6 Å². The number of halogens is 1. The van der Waals surface area contributed by atoms with E-state index in [4.69, 9.17) is 11.6 Å². The summed E-state index contributed by atoms with van der Waals surface area (Å²) in [4.78, 5) is 15.2. The summed E-state index contributed by atoms with van der Waals surface area (Å²) >= 11 is 6.03. The second kappa shape index (κ2) is 8.81. The van der Waals surface area contributed by atoms with Crippen molar-refractivity contribution in [3.63, 3.8) is 0 Å². The third kappa shape index (κ3) is 4.20. The number of carbonyl (C=O) groups is 1. The van der Waals surface area contributed by atoms with E-state index in [2.05, 4.69) is 0 Å². The van der Waals surface area contributed by atoms with E-state index in [0.29, 0.717) is 24.4 Å². The number of hydrogen-bond acceptors (Lipinski definition) is 3. The van der Waals surface area contributed by atoms with Crippen molar-refractivity contribution in [2.75, 3.05) is 6.54 Å². The van der Waals surface area contributed by atoms with Gasteiger partial charge in [0.2, 0.25) is 15.9 Å². The van der Waals surface area contributed by atoms with Crippen LogP contribution in [0.15, 0.2) is 59.5 Å². The van der Waals surface area contributed by atoms with Crippen LogP contribution in [-0.4, -0.2) is 47.7 Å². The van der Waals surface area contributed by atoms with Crippen LogP contribution >= 0.6 is 11.6 Å². The monoisotopic (exact) mass is 474 g/mol. The fourth-order valence-corrected chi connectivity index (χ4v) is 7.63. The average Bonchev–Trinajstić information content (AvgIpc) is 3.06. The van der Waals surface area contributed by atoms with E-state index in [1.54, 1.807) is 28.6 Å². The van der Waals surface area contributed by atoms with E-state index in [1.165, 1.54) is 0 Å². The number of piperidine rings is 1. The molecule has 0 saturated carbocycles. The first-order valence-electron chi connectivity index (χ1n) is 11.3. The zero-order valence-corrected chi connectivity index (χ0v) is 20.4. The summed E-state index contributed by atoms with van der Waals surface area (Å²) in [6.45, 7) is 6.54. The number of amides is 1. The second-order valence-corrected chi connectivity index (χ2v) is 11.8. The Kier molecular flexibility index (Phi) is 6.40. The molecule has 2 aliphatic rings. The molecule has 1 amide bonds. The SMILES string of the molecule is CC(C)C(=O)N1CCC[C@H]2[C@@H]1C[C@@](C)(Cc1ccccc1)N2S(=O)(=O)c1ccc(Cl)cc1. The van der Waals surface area contributed by atoms with Crippen LogP contribution in [0.5, 0.6) is 0 Å². The van der Waals surface area contributed by atoms with E-state index in [0.717, 1.165) is 18.4 Å². The van der Waals surface area contributed by atoms with Crippen LogP contribution in [0.3, 0.4) is 0 Å². The molecule has 7 heteroatoms. The number of carbonyl (C=O) groups excluding carboxylic acids is 1. The highest BCUT2D eigenvalue weighted by Gasteiger charge is 2.57. The summed E-state index contributed by atoms with van der Waals surface area (Å²) in [6, 6.07) is 16.0. The molecule has 4 rings (SSSR count). The molecule has 2 aromatic rings. The molecule has 0 aliphatic carbocycles. The molecule has 2 aliphatic heterocycles. The lowest BCUT2D eigenvalue weighted by Gasteiger charge is -2.41. The molecule has 2 saturated heterocycles. The summed E-state index contributed by atoms with van der Waals surface area (Å²) in [5, 5.41) is 0.502. The predicted octanol–water partition coefficient (Wildman–Crippen LogP) is 4.75. The molecule has 0 bridgehead atoms. The van der Waals surface area contributed by atoms with E-state index >= 15 is 0 Å². The molecule has 2 aromatic carbocycles. The van der Waals surface area contributed by atoms with Gasteiger partial charge in [-0.2, -0.15) is 4.31 Å². The third-order valence-electron chi connectivity index (χ3n) is 6.80. The Bertz CT molecular complexity index is 1070. The van der Waals surface area contributed by atoms with Crippen LogP contribution in [0.4, 0.5) is 0 Å². The van der Waals surface area contributed by atoms with Crippen molar-refractivity contribution in [3.05, 3.63) is 65.2 Å². The van der Waals surface area contributed by atoms with Gasteiger partial charge in [-0.3, -0.25) is 4.79 Å². The number of sulfonamides is 1. The Morgan fingerprint density at radius 1 is 1.09 bits per heavy atom. The molecule has 3 atom stereocenters. The zero-order valence-electron chi connectivity index (χ0n) is 18.9. The van der Waals surface area contributed by atoms with E-state index in [-0.39, 0.29) is 28.8 Å². The van der Waals surface area contributed by atoms with Crippen LogP contribution in [0.25, 0.3) is 0 Å². The van der Waals surface area contributed by atoms with Crippen LogP contribution in [0.2, 0.25) is 5.02 Å². The van der Waals surface area contributed by atoms with Crippen LogP contribution in [0.1, 0.15) is 45.6 Å². The average molecular weight is 475 g/mol. The van der Waals surface area contributed by atoms with Gasteiger partial charge in [-0.1, -0.05) is 55.8 Å². The summed E-state index contributed by atoms with van der Waals surface area (Å²) in [5.74, 6) is -0.0106. The number of nitrogens with zero attached hydrogens (tertiary/aromatic N) is 2. The van der Waals surface area contributed by atoms with Gasteiger partial charge < -0.3 is 4.90 Å². The summed E-state index contributed by atoms with van der Waals surface area (Å²) in [5.41, 5.74) is 0.446. The van der Waals surface area contributed by atoms with Crippen molar-refractivity contribution < 1.29 is 13.2 Å². The first-order valence-corrected chi connectivity index (χ1v) is 13.1. The van der Waals surface area contributed by atoms with Gasteiger partial charge >= 0.3 is 0 Å². The summed E-state index contributed by atoms with van der Waals surface area (Å²) in [7, 11) is -3.79. The normalized spacial score (nSPS) is 26.3. The Hall–Kier alpha value is -1.89. The Labute approximate surface area is 196 Å². The predicted molar refractivity (Wildman–Crippen MR) is 127 cm³/mol. The van der Waals surface area contributed by atoms with Crippen molar-refractivity contribution >= 4 is 27.5 Å². The van der Waals surface area contributed by atoms with Gasteiger partial charge in [-0.05, 0) is 62.4 Å². The number of hydrogen-bond donors (Lipinski definition) is 0. The molecule has 172 valence electrons. The van der Waals surface area contributed by atoms with Crippen LogP contribution in [0, 0.1) is 5.92 Å². The maximum Gasteiger partial charge on any atom is 0.243 e. The Morgan fingerprint density at radius 3 is 2.38 bits per heavy atom. The van der Waals surface area contributed by atoms with Crippen molar-refractivity contribution in [3.8, 4) is 0 Å². The highest BCUT2D eigenvalue weighted by molar-refractivity contribution is 7.89. The molecule has 0 aromatic heterocycles. The quantitative estimate of drug-likeness (QED) is 0.628. The number of rotatable bonds is 5. The minimum atomic E-state index is -3.79. The number of fused-ring (bicyclic) bond motifs is 1. The molecule has 0 spiro atoms. The molecule has 32 heavy (non-hydrogen) atoms. The lowest BCUT2D eigenvalue weighted by Crippen LogP contribution is -2.55. The van der Waals surface area contributed by atoms with Crippen LogP contribution < -0.4 is 0 Å². The van der Waals surface area contributed by atoms with Gasteiger partial charge in [0, 0.05) is 29.1 Å². The molecular weight excluding hydrogens is 444 g/mol. The summed E-state index contributed by atoms with van der Waals surface area (Å²) in [6.07, 6.45) is 2.77. The Balaban J connectivity index is 1.79. The fourth-order valence-electron chi connectivity index (χ4n) is 5.48. The molecule has 0 radical (unpaired) electrons. The standard InChI is InChI=1S/C25H31ClN2O3S/c1-18(2)24(29)27-15-7-10-22-23(27)17-25(3,16-19-8-5-4-6-9-19)28(22)32(30,31)21-13-11-20(26)12-14-21/h4-6,8-9,11-14,18,22-23H,7,10,15-17H2,1-3H3/t22-,23-,25+/m0/s1. The largest absolute Gasteiger partial charge is 0.338 e. The second-order valence-electron chi connectivity index (χ2n) is 9.58. The maximum atomic E-state index is 14.0. The van der Waals surface area contributed by atoms with Crippen molar-refractivity contribution in [2.45, 2.75) is 69.0 Å². The minimum absolute atomic E-state index is 0.104. The fraction of sp³-hybridized carbons (Fsp3) is 0.480. The topological polar surface area (TPSA) is 57.7 Å². The number of likely N-dealkylation sites (tertiary alicyclic amines) is 1. The first-order chi connectivity index (χ1) is 15.1. The van der Waals surface area contributed by atoms with E-state index in [1.807, 2.05) is 56.0 Å². The maximum absolute atomic E-state index is 14.0. The lowest BCUT2D eigenvalue weighted by molar-refractivity contribution is -0.138. The molecule has 5 nitrogen and oxygen atoms in total. The lowest BCUT2D eigenvalue weighted by atomic mass is 9.88. The molecule has 0 unspecified atom stereocenters. The zero-order chi connectivity index (χ0) is 23.1. The number of benzene rings is 2. The minimum Gasteiger partial charge on any atom is -0.338 e. The smallest absolute Gasteiger partial charge is 0.243 e. The Morgan fingerprint density at radius 2 is 1.75 bits per heavy atom. The molecule has 2 heterocycles. The highest BCUT2D eigenvalue weighted by Crippen LogP contribution is 2.46. The van der Waals surface area contributed by atoms with Crippen molar-refractivity contribution in [1.29, 1.82) is 0 Å². The van der Waals surface area contributed by atoms with Gasteiger partial charge in [-0.25, -0.2) is 8.42 Å². The molecular formula is C25H31ClN2O3S. The van der Waals surface area contributed by atoms with Gasteiger partial charge in [0.05, 0.1) is 10.9 Å². The van der Waals surface area contributed by atoms with Crippen LogP contribution in [-0.2, 0) is 21.2 Å². The molecule has 0 N–H and O–H groups in total. The van der Waals surface area contributed by atoms with Crippen molar-refractivity contribution in [1.82, 2.24) is 9.21 Å².